The molecule has 6 heteroatoms. The van der Waals surface area contributed by atoms with Gasteiger partial charge in [0.05, 0.1) is 0 Å². The second kappa shape index (κ2) is 44.9. The molecule has 0 aromatic carbocycles. The van der Waals surface area contributed by atoms with Crippen molar-refractivity contribution >= 4 is 17.9 Å². The molecule has 0 saturated heterocycles. The van der Waals surface area contributed by atoms with Crippen molar-refractivity contribution in [2.24, 2.45) is 11.8 Å². The first-order valence-electron chi connectivity index (χ1n) is 25.7. The summed E-state index contributed by atoms with van der Waals surface area (Å²) in [6, 6.07) is 0. The fourth-order valence-corrected chi connectivity index (χ4v) is 7.81. The number of ether oxygens (including phenoxy) is 3. The summed E-state index contributed by atoms with van der Waals surface area (Å²) in [6.45, 7) is 11.4. The maximum atomic E-state index is 12.7. The first kappa shape index (κ1) is 56.4. The van der Waals surface area contributed by atoms with Gasteiger partial charge in [-0.15, -0.1) is 0 Å². The highest BCUT2D eigenvalue weighted by atomic mass is 16.6. The topological polar surface area (TPSA) is 78.9 Å². The molecule has 1 atom stereocenters. The molecule has 0 N–H and O–H groups in total. The summed E-state index contributed by atoms with van der Waals surface area (Å²) < 4.78 is 16.8. The summed E-state index contributed by atoms with van der Waals surface area (Å²) in [5, 5.41) is 0. The fraction of sp³-hybridized carbons (Fsp3) is 0.942. The van der Waals surface area contributed by atoms with Gasteiger partial charge < -0.3 is 14.2 Å². The molecule has 0 spiro atoms. The molecule has 344 valence electrons. The van der Waals surface area contributed by atoms with E-state index in [9.17, 15) is 14.4 Å². The Bertz CT molecular complexity index is 885. The van der Waals surface area contributed by atoms with Gasteiger partial charge >= 0.3 is 17.9 Å². The molecule has 0 saturated carbocycles. The van der Waals surface area contributed by atoms with Crippen LogP contribution in [0.1, 0.15) is 285 Å². The normalized spacial score (nSPS) is 12.1. The van der Waals surface area contributed by atoms with Gasteiger partial charge in [-0.25, -0.2) is 0 Å². The predicted octanol–water partition coefficient (Wildman–Crippen LogP) is 16.5. The van der Waals surface area contributed by atoms with Gasteiger partial charge in [0.15, 0.2) is 6.10 Å². The van der Waals surface area contributed by atoms with E-state index in [1.807, 2.05) is 0 Å². The number of hydrogen-bond donors (Lipinski definition) is 0. The van der Waals surface area contributed by atoms with E-state index in [0.717, 1.165) is 69.6 Å². The summed E-state index contributed by atoms with van der Waals surface area (Å²) in [6.07, 6.45) is 45.2. The highest BCUT2D eigenvalue weighted by molar-refractivity contribution is 5.71. The monoisotopic (exact) mass is 821 g/mol. The lowest BCUT2D eigenvalue weighted by Crippen LogP contribution is -2.30. The number of carbonyl (C=O) groups is 3. The van der Waals surface area contributed by atoms with Gasteiger partial charge in [-0.05, 0) is 31.1 Å². The van der Waals surface area contributed by atoms with Crippen molar-refractivity contribution in [3.63, 3.8) is 0 Å². The Kier molecular flexibility index (Phi) is 43.7. The van der Waals surface area contributed by atoms with Crippen LogP contribution in [0.2, 0.25) is 0 Å². The highest BCUT2D eigenvalue weighted by Crippen LogP contribution is 2.17. The standard InChI is InChI=1S/C52H100O6/c1-6-7-8-9-10-11-16-23-29-34-39-44-52(55)58-49(46-57-51(54)43-38-33-28-24-19-21-26-31-36-41-48(4)5)45-56-50(53)42-37-32-27-22-18-15-13-12-14-17-20-25-30-35-40-47(2)3/h47-49H,6-46H2,1-5H3/t49-/m0/s1. The average molecular weight is 821 g/mol. The number of hydrogen-bond acceptors (Lipinski definition) is 6. The van der Waals surface area contributed by atoms with Gasteiger partial charge in [-0.2, -0.15) is 0 Å². The zero-order valence-corrected chi connectivity index (χ0v) is 39.7. The Balaban J connectivity index is 4.27. The third-order valence-corrected chi connectivity index (χ3v) is 11.7. The molecular formula is C52H100O6. The molecule has 0 aliphatic heterocycles. The molecule has 6 nitrogen and oxygen atoms in total. The van der Waals surface area contributed by atoms with Crippen LogP contribution in [-0.4, -0.2) is 37.2 Å². The first-order valence-corrected chi connectivity index (χ1v) is 25.7. The first-order chi connectivity index (χ1) is 28.2. The van der Waals surface area contributed by atoms with Crippen LogP contribution in [0.4, 0.5) is 0 Å². The van der Waals surface area contributed by atoms with Crippen molar-refractivity contribution in [2.75, 3.05) is 13.2 Å². The molecule has 0 bridgehead atoms. The van der Waals surface area contributed by atoms with E-state index >= 15 is 0 Å². The minimum absolute atomic E-state index is 0.0638. The molecule has 0 aromatic heterocycles. The SMILES string of the molecule is CCCCCCCCCCCCCC(=O)O[C@@H](COC(=O)CCCCCCCCCCCCCCCCC(C)C)COC(=O)CCCCCCCCCCCC(C)C. The number of rotatable bonds is 46. The summed E-state index contributed by atoms with van der Waals surface area (Å²) in [7, 11) is 0. The molecule has 0 fully saturated rings. The molecule has 0 aliphatic carbocycles. The van der Waals surface area contributed by atoms with Crippen LogP contribution in [0.3, 0.4) is 0 Å². The molecular weight excluding hydrogens is 721 g/mol. The Morgan fingerprint density at radius 2 is 0.569 bits per heavy atom. The fourth-order valence-electron chi connectivity index (χ4n) is 7.81. The predicted molar refractivity (Wildman–Crippen MR) is 247 cm³/mol. The molecule has 0 aliphatic rings. The second-order valence-corrected chi connectivity index (χ2v) is 18.8. The van der Waals surface area contributed by atoms with Gasteiger partial charge in [-0.1, -0.05) is 247 Å². The van der Waals surface area contributed by atoms with Crippen LogP contribution in [0, 0.1) is 11.8 Å². The maximum absolute atomic E-state index is 12.7. The number of carbonyl (C=O) groups excluding carboxylic acids is 3. The Hall–Kier alpha value is -1.59. The van der Waals surface area contributed by atoms with Crippen molar-refractivity contribution in [3.8, 4) is 0 Å². The smallest absolute Gasteiger partial charge is 0.306 e. The summed E-state index contributed by atoms with van der Waals surface area (Å²) >= 11 is 0. The minimum atomic E-state index is -0.761. The molecule has 0 unspecified atom stereocenters. The summed E-state index contributed by atoms with van der Waals surface area (Å²) in [5.41, 5.74) is 0. The van der Waals surface area contributed by atoms with Gasteiger partial charge in [0.1, 0.15) is 13.2 Å². The van der Waals surface area contributed by atoms with Crippen LogP contribution in [0.5, 0.6) is 0 Å². The lowest BCUT2D eigenvalue weighted by Gasteiger charge is -2.18. The second-order valence-electron chi connectivity index (χ2n) is 18.8. The molecule has 0 amide bonds. The number of esters is 3. The van der Waals surface area contributed by atoms with Crippen LogP contribution in [0.15, 0.2) is 0 Å². The van der Waals surface area contributed by atoms with Crippen molar-refractivity contribution in [2.45, 2.75) is 291 Å². The Morgan fingerprint density at radius 3 is 0.845 bits per heavy atom. The van der Waals surface area contributed by atoms with E-state index in [4.69, 9.17) is 14.2 Å². The van der Waals surface area contributed by atoms with E-state index in [1.54, 1.807) is 0 Å². The Morgan fingerprint density at radius 1 is 0.328 bits per heavy atom. The van der Waals surface area contributed by atoms with Crippen LogP contribution >= 0.6 is 0 Å². The molecule has 0 radical (unpaired) electrons. The van der Waals surface area contributed by atoms with Crippen LogP contribution < -0.4 is 0 Å². The molecule has 0 rings (SSSR count). The van der Waals surface area contributed by atoms with E-state index in [2.05, 4.69) is 34.6 Å². The maximum Gasteiger partial charge on any atom is 0.306 e. The third-order valence-electron chi connectivity index (χ3n) is 11.7. The molecule has 0 aromatic rings. The van der Waals surface area contributed by atoms with E-state index in [-0.39, 0.29) is 31.1 Å². The summed E-state index contributed by atoms with van der Waals surface area (Å²) in [5.74, 6) is 0.804. The largest absolute Gasteiger partial charge is 0.462 e. The Labute approximate surface area is 361 Å². The lowest BCUT2D eigenvalue weighted by molar-refractivity contribution is -0.167. The third kappa shape index (κ3) is 45.5. The molecule has 0 heterocycles. The van der Waals surface area contributed by atoms with Gasteiger partial charge in [0.25, 0.3) is 0 Å². The van der Waals surface area contributed by atoms with Crippen LogP contribution in [-0.2, 0) is 28.6 Å². The number of unbranched alkanes of at least 4 members (excludes halogenated alkanes) is 31. The van der Waals surface area contributed by atoms with Gasteiger partial charge in [-0.3, -0.25) is 14.4 Å². The van der Waals surface area contributed by atoms with Gasteiger partial charge in [0, 0.05) is 19.3 Å². The van der Waals surface area contributed by atoms with Crippen molar-refractivity contribution in [1.29, 1.82) is 0 Å². The summed E-state index contributed by atoms with van der Waals surface area (Å²) in [4.78, 5) is 37.9. The molecule has 58 heavy (non-hydrogen) atoms. The van der Waals surface area contributed by atoms with Crippen molar-refractivity contribution in [3.05, 3.63) is 0 Å². The van der Waals surface area contributed by atoms with E-state index < -0.39 is 6.10 Å². The average Bonchev–Trinajstić information content (AvgIpc) is 3.19. The highest BCUT2D eigenvalue weighted by Gasteiger charge is 2.19. The van der Waals surface area contributed by atoms with E-state index in [1.165, 1.54) is 173 Å². The van der Waals surface area contributed by atoms with Gasteiger partial charge in [0.2, 0.25) is 0 Å². The lowest BCUT2D eigenvalue weighted by atomic mass is 10.0. The van der Waals surface area contributed by atoms with Crippen molar-refractivity contribution < 1.29 is 28.6 Å². The zero-order valence-electron chi connectivity index (χ0n) is 39.7. The quantitative estimate of drug-likeness (QED) is 0.0346. The van der Waals surface area contributed by atoms with Crippen molar-refractivity contribution in [1.82, 2.24) is 0 Å². The minimum Gasteiger partial charge on any atom is -0.462 e. The van der Waals surface area contributed by atoms with E-state index in [0.29, 0.717) is 19.3 Å². The zero-order chi connectivity index (χ0) is 42.6. The van der Waals surface area contributed by atoms with Crippen LogP contribution in [0.25, 0.3) is 0 Å².